The number of nitrogens with two attached hydrogens (primary N) is 1. The average molecular weight is 254 g/mol. The van der Waals surface area contributed by atoms with E-state index in [1.54, 1.807) is 0 Å². The summed E-state index contributed by atoms with van der Waals surface area (Å²) in [5.74, 6) is 4.64. The molecule has 0 bridgehead atoms. The Kier molecular flexibility index (Phi) is 5.00. The molecule has 0 spiro atoms. The molecule has 18 heavy (non-hydrogen) atoms. The van der Waals surface area contributed by atoms with Gasteiger partial charge in [0, 0.05) is 25.1 Å². The molecule has 1 aromatic heterocycles. The molecule has 0 aliphatic heterocycles. The SMILES string of the molecule is NNC(=O)CCCCn1cc([N+](=O)[O-])ccc1=O. The average Bonchev–Trinajstić information content (AvgIpc) is 2.35. The smallest absolute Gasteiger partial charge is 0.285 e. The molecule has 1 heterocycles. The molecule has 0 radical (unpaired) electrons. The van der Waals surface area contributed by atoms with Crippen LogP contribution in [0.2, 0.25) is 0 Å². The second-order valence-electron chi connectivity index (χ2n) is 3.70. The van der Waals surface area contributed by atoms with Gasteiger partial charge in [-0.25, -0.2) is 5.84 Å². The minimum Gasteiger partial charge on any atom is -0.309 e. The molecule has 0 aromatic carbocycles. The fourth-order valence-corrected chi connectivity index (χ4v) is 1.44. The Bertz CT molecular complexity index is 497. The third-order valence-corrected chi connectivity index (χ3v) is 2.39. The molecule has 3 N–H and O–H groups in total. The number of aryl methyl sites for hydroxylation is 1. The van der Waals surface area contributed by atoms with Crippen LogP contribution in [0.5, 0.6) is 0 Å². The number of rotatable bonds is 6. The third kappa shape index (κ3) is 3.98. The summed E-state index contributed by atoms with van der Waals surface area (Å²) < 4.78 is 1.26. The number of pyridine rings is 1. The standard InChI is InChI=1S/C10H14N4O4/c11-12-9(15)3-1-2-6-13-7-8(14(17)18)4-5-10(13)16/h4-5,7H,1-3,6,11H2,(H,12,15). The summed E-state index contributed by atoms with van der Waals surface area (Å²) in [5.41, 5.74) is 1.57. The van der Waals surface area contributed by atoms with Crippen LogP contribution in [0, 0.1) is 10.1 Å². The van der Waals surface area contributed by atoms with E-state index in [0.717, 1.165) is 6.07 Å². The summed E-state index contributed by atoms with van der Waals surface area (Å²) in [6, 6.07) is 2.32. The quantitative estimate of drug-likeness (QED) is 0.242. The lowest BCUT2D eigenvalue weighted by Gasteiger charge is -2.04. The lowest BCUT2D eigenvalue weighted by atomic mass is 10.2. The van der Waals surface area contributed by atoms with E-state index < -0.39 is 4.92 Å². The van der Waals surface area contributed by atoms with Gasteiger partial charge >= 0.3 is 0 Å². The van der Waals surface area contributed by atoms with Crippen molar-refractivity contribution in [2.75, 3.05) is 0 Å². The van der Waals surface area contributed by atoms with E-state index >= 15 is 0 Å². The van der Waals surface area contributed by atoms with Crippen molar-refractivity contribution in [3.05, 3.63) is 38.8 Å². The van der Waals surface area contributed by atoms with Gasteiger partial charge < -0.3 is 4.57 Å². The Hall–Kier alpha value is -2.22. The molecule has 1 rings (SSSR count). The Balaban J connectivity index is 2.56. The van der Waals surface area contributed by atoms with Crippen LogP contribution in [0.25, 0.3) is 0 Å². The number of nitrogens with zero attached hydrogens (tertiary/aromatic N) is 2. The highest BCUT2D eigenvalue weighted by molar-refractivity contribution is 5.74. The molecule has 0 fully saturated rings. The van der Waals surface area contributed by atoms with E-state index in [2.05, 4.69) is 0 Å². The van der Waals surface area contributed by atoms with Crippen LogP contribution < -0.4 is 16.8 Å². The van der Waals surface area contributed by atoms with E-state index in [1.165, 1.54) is 16.8 Å². The predicted molar refractivity (Wildman–Crippen MR) is 63.5 cm³/mol. The van der Waals surface area contributed by atoms with Crippen LogP contribution >= 0.6 is 0 Å². The second kappa shape index (κ2) is 6.50. The van der Waals surface area contributed by atoms with E-state index in [-0.39, 0.29) is 23.6 Å². The van der Waals surface area contributed by atoms with E-state index in [1.807, 2.05) is 5.43 Å². The largest absolute Gasteiger partial charge is 0.309 e. The third-order valence-electron chi connectivity index (χ3n) is 2.39. The molecule has 0 saturated carbocycles. The maximum Gasteiger partial charge on any atom is 0.285 e. The Morgan fingerprint density at radius 1 is 1.44 bits per heavy atom. The van der Waals surface area contributed by atoms with Gasteiger partial charge in [-0.2, -0.15) is 0 Å². The van der Waals surface area contributed by atoms with Crippen LogP contribution in [0.15, 0.2) is 23.1 Å². The molecule has 98 valence electrons. The molecule has 8 nitrogen and oxygen atoms in total. The zero-order chi connectivity index (χ0) is 13.5. The van der Waals surface area contributed by atoms with E-state index in [0.29, 0.717) is 19.4 Å². The first kappa shape index (κ1) is 13.8. The van der Waals surface area contributed by atoms with Crippen LogP contribution in [0.3, 0.4) is 0 Å². The Labute approximate surface area is 103 Å². The van der Waals surface area contributed by atoms with Crippen molar-refractivity contribution in [2.24, 2.45) is 5.84 Å². The predicted octanol–water partition coefficient (Wildman–Crippen LogP) is -0.0833. The normalized spacial score (nSPS) is 10.1. The van der Waals surface area contributed by atoms with E-state index in [4.69, 9.17) is 5.84 Å². The van der Waals surface area contributed by atoms with Gasteiger partial charge in [-0.15, -0.1) is 0 Å². The molecule has 0 saturated heterocycles. The van der Waals surface area contributed by atoms with Crippen LogP contribution in [0.4, 0.5) is 5.69 Å². The van der Waals surface area contributed by atoms with Crippen molar-refractivity contribution in [1.29, 1.82) is 0 Å². The van der Waals surface area contributed by atoms with Gasteiger partial charge in [0.1, 0.15) is 0 Å². The van der Waals surface area contributed by atoms with Gasteiger partial charge in [-0.3, -0.25) is 25.1 Å². The lowest BCUT2D eigenvalue weighted by molar-refractivity contribution is -0.385. The summed E-state index contributed by atoms with van der Waals surface area (Å²) in [5, 5.41) is 10.5. The van der Waals surface area contributed by atoms with Crippen molar-refractivity contribution in [3.8, 4) is 0 Å². The maximum atomic E-state index is 11.4. The topological polar surface area (TPSA) is 120 Å². The number of amides is 1. The molecule has 0 aliphatic rings. The molecular weight excluding hydrogens is 240 g/mol. The van der Waals surface area contributed by atoms with Gasteiger partial charge in [0.05, 0.1) is 11.1 Å². The van der Waals surface area contributed by atoms with E-state index in [9.17, 15) is 19.7 Å². The molecular formula is C10H14N4O4. The van der Waals surface area contributed by atoms with Crippen LogP contribution in [-0.4, -0.2) is 15.4 Å². The number of carbonyl (C=O) groups is 1. The van der Waals surface area contributed by atoms with Crippen molar-refractivity contribution in [2.45, 2.75) is 25.8 Å². The first-order chi connectivity index (χ1) is 8.54. The lowest BCUT2D eigenvalue weighted by Crippen LogP contribution is -2.29. The summed E-state index contributed by atoms with van der Waals surface area (Å²) in [6.45, 7) is 0.332. The monoisotopic (exact) mass is 254 g/mol. The van der Waals surface area contributed by atoms with Gasteiger partial charge in [0.25, 0.3) is 11.2 Å². The molecule has 1 amide bonds. The minimum atomic E-state index is -0.558. The zero-order valence-electron chi connectivity index (χ0n) is 9.67. The summed E-state index contributed by atoms with van der Waals surface area (Å²) in [7, 11) is 0. The highest BCUT2D eigenvalue weighted by Crippen LogP contribution is 2.07. The van der Waals surface area contributed by atoms with Crippen molar-refractivity contribution >= 4 is 11.6 Å². The van der Waals surface area contributed by atoms with Gasteiger partial charge in [-0.1, -0.05) is 0 Å². The number of aromatic nitrogens is 1. The van der Waals surface area contributed by atoms with Gasteiger partial charge in [-0.05, 0) is 12.8 Å². The number of hydrogen-bond donors (Lipinski definition) is 2. The summed E-state index contributed by atoms with van der Waals surface area (Å²) in [4.78, 5) is 32.2. The highest BCUT2D eigenvalue weighted by Gasteiger charge is 2.07. The summed E-state index contributed by atoms with van der Waals surface area (Å²) >= 11 is 0. The molecule has 0 unspecified atom stereocenters. The Morgan fingerprint density at radius 2 is 2.17 bits per heavy atom. The Morgan fingerprint density at radius 3 is 2.78 bits per heavy atom. The molecule has 0 aliphatic carbocycles. The molecule has 8 heteroatoms. The molecule has 0 atom stereocenters. The fourth-order valence-electron chi connectivity index (χ4n) is 1.44. The second-order valence-corrected chi connectivity index (χ2v) is 3.70. The van der Waals surface area contributed by atoms with Gasteiger partial charge in [0.15, 0.2) is 0 Å². The summed E-state index contributed by atoms with van der Waals surface area (Å²) in [6.07, 6.45) is 2.58. The first-order valence-corrected chi connectivity index (χ1v) is 5.39. The number of carbonyl (C=O) groups excluding carboxylic acids is 1. The fraction of sp³-hybridized carbons (Fsp3) is 0.400. The minimum absolute atomic E-state index is 0.130. The van der Waals surface area contributed by atoms with Crippen molar-refractivity contribution in [3.63, 3.8) is 0 Å². The number of hydrogen-bond acceptors (Lipinski definition) is 5. The number of nitro groups is 1. The zero-order valence-corrected chi connectivity index (χ0v) is 9.67. The number of hydrazine groups is 1. The van der Waals surface area contributed by atoms with Crippen molar-refractivity contribution < 1.29 is 9.72 Å². The molecule has 1 aromatic rings. The van der Waals surface area contributed by atoms with Crippen LogP contribution in [-0.2, 0) is 11.3 Å². The van der Waals surface area contributed by atoms with Crippen molar-refractivity contribution in [1.82, 2.24) is 9.99 Å². The maximum absolute atomic E-state index is 11.4. The number of unbranched alkanes of at least 4 members (excludes halogenated alkanes) is 1. The first-order valence-electron chi connectivity index (χ1n) is 5.39. The highest BCUT2D eigenvalue weighted by atomic mass is 16.6. The number of nitrogens with one attached hydrogen (secondary N) is 1. The van der Waals surface area contributed by atoms with Gasteiger partial charge in [0.2, 0.25) is 5.91 Å². The van der Waals surface area contributed by atoms with Crippen LogP contribution in [0.1, 0.15) is 19.3 Å².